The molecule has 0 spiro atoms. The lowest BCUT2D eigenvalue weighted by Crippen LogP contribution is -2.30. The fraction of sp³-hybridized carbons (Fsp3) is 0.158. The topological polar surface area (TPSA) is 41.6 Å². The van der Waals surface area contributed by atoms with Gasteiger partial charge in [0.1, 0.15) is 11.4 Å². The van der Waals surface area contributed by atoms with Gasteiger partial charge in [0, 0.05) is 0 Å². The van der Waals surface area contributed by atoms with Crippen molar-refractivity contribution in [1.82, 2.24) is 5.32 Å². The van der Waals surface area contributed by atoms with Crippen LogP contribution < -0.4 is 15.0 Å². The predicted molar refractivity (Wildman–Crippen MR) is 99.8 cm³/mol. The molecule has 1 N–H and O–H groups in total. The van der Waals surface area contributed by atoms with Crippen LogP contribution in [0.25, 0.3) is 6.08 Å². The Labute approximate surface area is 146 Å². The summed E-state index contributed by atoms with van der Waals surface area (Å²) in [4.78, 5) is 14.1. The van der Waals surface area contributed by atoms with Crippen LogP contribution in [-0.2, 0) is 4.79 Å². The minimum Gasteiger partial charge on any atom is -0.491 e. The smallest absolute Gasteiger partial charge is 0.281 e. The molecule has 3 rings (SSSR count). The second-order valence-electron chi connectivity index (χ2n) is 5.70. The SMILES string of the molecule is CC(C)Oc1ccc(C=C2NC(=S)N(c3ccccc3)C2=O)cc1. The Morgan fingerprint density at radius 2 is 1.75 bits per heavy atom. The van der Waals surface area contributed by atoms with Crippen LogP contribution >= 0.6 is 12.2 Å². The summed E-state index contributed by atoms with van der Waals surface area (Å²) in [5.74, 6) is 0.646. The highest BCUT2D eigenvalue weighted by atomic mass is 32.1. The molecule has 0 radical (unpaired) electrons. The summed E-state index contributed by atoms with van der Waals surface area (Å²) in [6.07, 6.45) is 1.92. The van der Waals surface area contributed by atoms with Crippen LogP contribution in [0.1, 0.15) is 19.4 Å². The van der Waals surface area contributed by atoms with Crippen LogP contribution in [0.15, 0.2) is 60.3 Å². The number of nitrogens with zero attached hydrogens (tertiary/aromatic N) is 1. The van der Waals surface area contributed by atoms with Gasteiger partial charge in [0.15, 0.2) is 5.11 Å². The Hall–Kier alpha value is -2.66. The van der Waals surface area contributed by atoms with Gasteiger partial charge in [0.2, 0.25) is 0 Å². The number of carbonyl (C=O) groups is 1. The molecule has 122 valence electrons. The number of hydrogen-bond donors (Lipinski definition) is 1. The number of rotatable bonds is 4. The zero-order chi connectivity index (χ0) is 17.1. The monoisotopic (exact) mass is 338 g/mol. The first-order chi connectivity index (χ1) is 11.5. The molecule has 2 aromatic rings. The van der Waals surface area contributed by atoms with Gasteiger partial charge in [-0.05, 0) is 62.0 Å². The van der Waals surface area contributed by atoms with E-state index in [4.69, 9.17) is 17.0 Å². The van der Waals surface area contributed by atoms with E-state index < -0.39 is 0 Å². The molecule has 1 saturated heterocycles. The third kappa shape index (κ3) is 3.46. The van der Waals surface area contributed by atoms with Crippen molar-refractivity contribution >= 4 is 35.0 Å². The summed E-state index contributed by atoms with van der Waals surface area (Å²) in [5, 5.41) is 3.37. The molecule has 1 amide bonds. The highest BCUT2D eigenvalue weighted by Gasteiger charge is 2.31. The molecule has 0 aromatic heterocycles. The van der Waals surface area contributed by atoms with E-state index in [1.807, 2.05) is 68.4 Å². The molecule has 0 bridgehead atoms. The molecule has 0 aliphatic carbocycles. The molecule has 0 atom stereocenters. The van der Waals surface area contributed by atoms with Gasteiger partial charge < -0.3 is 10.1 Å². The van der Waals surface area contributed by atoms with Crippen LogP contribution in [0.2, 0.25) is 0 Å². The molecule has 1 fully saturated rings. The fourth-order valence-electron chi connectivity index (χ4n) is 2.43. The van der Waals surface area contributed by atoms with Gasteiger partial charge >= 0.3 is 0 Å². The molecule has 5 heteroatoms. The molecule has 2 aromatic carbocycles. The van der Waals surface area contributed by atoms with Crippen LogP contribution in [0.4, 0.5) is 5.69 Å². The minimum absolute atomic E-state index is 0.129. The van der Waals surface area contributed by atoms with Crippen LogP contribution in [0, 0.1) is 0 Å². The maximum Gasteiger partial charge on any atom is 0.281 e. The Balaban J connectivity index is 1.81. The van der Waals surface area contributed by atoms with E-state index in [1.165, 1.54) is 4.90 Å². The van der Waals surface area contributed by atoms with E-state index in [-0.39, 0.29) is 12.0 Å². The lowest BCUT2D eigenvalue weighted by molar-refractivity contribution is -0.113. The molecule has 1 heterocycles. The van der Waals surface area contributed by atoms with Crippen LogP contribution in [0.3, 0.4) is 0 Å². The van der Waals surface area contributed by atoms with Gasteiger partial charge in [-0.25, -0.2) is 0 Å². The molecular formula is C19H18N2O2S. The number of ether oxygens (including phenoxy) is 1. The number of nitrogens with one attached hydrogen (secondary N) is 1. The third-order valence-electron chi connectivity index (χ3n) is 3.46. The number of carbonyl (C=O) groups excluding carboxylic acids is 1. The van der Waals surface area contributed by atoms with E-state index in [9.17, 15) is 4.79 Å². The van der Waals surface area contributed by atoms with Crippen molar-refractivity contribution in [1.29, 1.82) is 0 Å². The van der Waals surface area contributed by atoms with Crippen LogP contribution in [-0.4, -0.2) is 17.1 Å². The molecule has 0 saturated carbocycles. The van der Waals surface area contributed by atoms with E-state index >= 15 is 0 Å². The Kier molecular flexibility index (Phi) is 4.62. The molecule has 4 nitrogen and oxygen atoms in total. The van der Waals surface area contributed by atoms with Crippen molar-refractivity contribution in [2.24, 2.45) is 0 Å². The van der Waals surface area contributed by atoms with Crippen LogP contribution in [0.5, 0.6) is 5.75 Å². The van der Waals surface area contributed by atoms with Crippen molar-refractivity contribution in [2.75, 3.05) is 4.90 Å². The largest absolute Gasteiger partial charge is 0.491 e. The van der Waals surface area contributed by atoms with Gasteiger partial charge in [0.05, 0.1) is 11.8 Å². The molecule has 1 aliphatic heterocycles. The summed E-state index contributed by atoms with van der Waals surface area (Å²) in [5.41, 5.74) is 2.12. The van der Waals surface area contributed by atoms with E-state index in [0.29, 0.717) is 10.8 Å². The molecule has 24 heavy (non-hydrogen) atoms. The lowest BCUT2D eigenvalue weighted by Gasteiger charge is -2.13. The van der Waals surface area contributed by atoms with Gasteiger partial charge in [-0.2, -0.15) is 0 Å². The summed E-state index contributed by atoms with van der Waals surface area (Å²) >= 11 is 5.29. The highest BCUT2D eigenvalue weighted by molar-refractivity contribution is 7.80. The Morgan fingerprint density at radius 1 is 1.08 bits per heavy atom. The average molecular weight is 338 g/mol. The van der Waals surface area contributed by atoms with E-state index in [1.54, 1.807) is 6.08 Å². The second kappa shape index (κ2) is 6.84. The van der Waals surface area contributed by atoms with E-state index in [0.717, 1.165) is 17.0 Å². The van der Waals surface area contributed by atoms with Crippen molar-refractivity contribution in [3.05, 3.63) is 65.9 Å². The standard InChI is InChI=1S/C19H18N2O2S/c1-13(2)23-16-10-8-14(9-11-16)12-17-18(22)21(19(24)20-17)15-6-4-3-5-7-15/h3-13H,1-2H3,(H,20,24). The van der Waals surface area contributed by atoms with E-state index in [2.05, 4.69) is 5.32 Å². The maximum absolute atomic E-state index is 12.6. The van der Waals surface area contributed by atoms with Gasteiger partial charge in [-0.3, -0.25) is 9.69 Å². The van der Waals surface area contributed by atoms with Crippen molar-refractivity contribution in [3.8, 4) is 5.75 Å². The van der Waals surface area contributed by atoms with Crippen molar-refractivity contribution in [3.63, 3.8) is 0 Å². The Bertz CT molecular complexity index is 783. The predicted octanol–water partition coefficient (Wildman–Crippen LogP) is 3.74. The normalized spacial score (nSPS) is 16.0. The summed E-state index contributed by atoms with van der Waals surface area (Å²) in [6, 6.07) is 17.0. The number of benzene rings is 2. The first-order valence-electron chi connectivity index (χ1n) is 7.73. The number of hydrogen-bond acceptors (Lipinski definition) is 3. The number of amides is 1. The zero-order valence-corrected chi connectivity index (χ0v) is 14.3. The fourth-order valence-corrected chi connectivity index (χ4v) is 2.73. The molecular weight excluding hydrogens is 320 g/mol. The Morgan fingerprint density at radius 3 is 2.38 bits per heavy atom. The van der Waals surface area contributed by atoms with Crippen molar-refractivity contribution in [2.45, 2.75) is 20.0 Å². The summed E-state index contributed by atoms with van der Waals surface area (Å²) in [7, 11) is 0. The third-order valence-corrected chi connectivity index (χ3v) is 3.74. The highest BCUT2D eigenvalue weighted by Crippen LogP contribution is 2.22. The number of anilines is 1. The molecule has 0 unspecified atom stereocenters. The number of thiocarbonyl (C=S) groups is 1. The quantitative estimate of drug-likeness (QED) is 0.681. The maximum atomic E-state index is 12.6. The van der Waals surface area contributed by atoms with Gasteiger partial charge in [-0.15, -0.1) is 0 Å². The first-order valence-corrected chi connectivity index (χ1v) is 8.14. The van der Waals surface area contributed by atoms with Crippen molar-refractivity contribution < 1.29 is 9.53 Å². The minimum atomic E-state index is -0.159. The average Bonchev–Trinajstić information content (AvgIpc) is 2.83. The summed E-state index contributed by atoms with van der Waals surface area (Å²) < 4.78 is 5.62. The second-order valence-corrected chi connectivity index (χ2v) is 6.09. The lowest BCUT2D eigenvalue weighted by atomic mass is 10.2. The number of para-hydroxylation sites is 1. The first kappa shape index (κ1) is 16.2. The van der Waals surface area contributed by atoms with Gasteiger partial charge in [-0.1, -0.05) is 30.3 Å². The van der Waals surface area contributed by atoms with Gasteiger partial charge in [0.25, 0.3) is 5.91 Å². The summed E-state index contributed by atoms with van der Waals surface area (Å²) in [6.45, 7) is 3.96. The molecule has 1 aliphatic rings. The zero-order valence-electron chi connectivity index (χ0n) is 13.5.